The number of ether oxygens (including phenoxy) is 3. The molecule has 6 nitrogen and oxygen atoms in total. The largest absolute Gasteiger partial charge is 0.454 e. The van der Waals surface area contributed by atoms with Gasteiger partial charge in [-0.15, -0.1) is 17.9 Å². The van der Waals surface area contributed by atoms with Crippen LogP contribution in [0, 0.1) is 0 Å². The monoisotopic (exact) mass is 429 g/mol. The Morgan fingerprint density at radius 2 is 1.97 bits per heavy atom. The van der Waals surface area contributed by atoms with Crippen molar-refractivity contribution in [2.45, 2.75) is 6.61 Å². The van der Waals surface area contributed by atoms with Gasteiger partial charge in [-0.1, -0.05) is 6.08 Å². The van der Waals surface area contributed by atoms with Crippen molar-refractivity contribution in [3.63, 3.8) is 0 Å². The first-order valence-corrected chi connectivity index (χ1v) is 9.83. The number of halogens is 2. The van der Waals surface area contributed by atoms with Gasteiger partial charge in [-0.3, -0.25) is 4.99 Å². The fraction of sp³-hybridized carbons (Fsp3) is 0.143. The summed E-state index contributed by atoms with van der Waals surface area (Å²) in [4.78, 5) is 5.15. The Hall–Kier alpha value is -3.46. The Labute approximate surface area is 175 Å². The number of hydrogen-bond donors (Lipinski definition) is 0. The molecule has 1 aromatic heterocycles. The van der Waals surface area contributed by atoms with Crippen LogP contribution < -0.4 is 19.0 Å². The Balaban J connectivity index is 1.68. The molecule has 2 aromatic carbocycles. The van der Waals surface area contributed by atoms with Crippen LogP contribution >= 0.6 is 11.3 Å². The van der Waals surface area contributed by atoms with Gasteiger partial charge in [0, 0.05) is 10.9 Å². The van der Waals surface area contributed by atoms with Crippen molar-refractivity contribution in [2.24, 2.45) is 10.1 Å². The van der Waals surface area contributed by atoms with E-state index in [1.807, 2.05) is 23.6 Å². The Morgan fingerprint density at radius 3 is 2.73 bits per heavy atom. The number of benzene rings is 2. The normalized spacial score (nSPS) is 13.4. The molecule has 3 aromatic rings. The van der Waals surface area contributed by atoms with Crippen molar-refractivity contribution >= 4 is 17.6 Å². The van der Waals surface area contributed by atoms with E-state index in [0.29, 0.717) is 22.8 Å². The van der Waals surface area contributed by atoms with Crippen LogP contribution in [0.3, 0.4) is 0 Å². The fourth-order valence-corrected chi connectivity index (χ4v) is 3.63. The minimum Gasteiger partial charge on any atom is -0.454 e. The molecule has 2 heterocycles. The summed E-state index contributed by atoms with van der Waals surface area (Å²) in [6.07, 6.45) is 3.39. The molecule has 0 saturated carbocycles. The summed E-state index contributed by atoms with van der Waals surface area (Å²) < 4.78 is 41.6. The van der Waals surface area contributed by atoms with Gasteiger partial charge in [0.2, 0.25) is 11.6 Å². The Kier molecular flexibility index (Phi) is 5.89. The van der Waals surface area contributed by atoms with E-state index in [1.54, 1.807) is 29.1 Å². The summed E-state index contributed by atoms with van der Waals surface area (Å²) in [7, 11) is 0. The molecule has 0 unspecified atom stereocenters. The third-order valence-electron chi connectivity index (χ3n) is 4.14. The molecule has 30 heavy (non-hydrogen) atoms. The van der Waals surface area contributed by atoms with Gasteiger partial charge < -0.3 is 14.2 Å². The van der Waals surface area contributed by atoms with Crippen molar-refractivity contribution in [2.75, 3.05) is 13.3 Å². The zero-order valence-corrected chi connectivity index (χ0v) is 16.5. The quantitative estimate of drug-likeness (QED) is 0.410. The van der Waals surface area contributed by atoms with Crippen LogP contribution in [0.1, 0.15) is 5.56 Å². The van der Waals surface area contributed by atoms with E-state index in [2.05, 4.69) is 21.4 Å². The van der Waals surface area contributed by atoms with Crippen LogP contribution in [0.25, 0.3) is 11.3 Å². The highest BCUT2D eigenvalue weighted by atomic mass is 32.1. The molecular formula is C21H17F2N3O3S. The zero-order valence-electron chi connectivity index (χ0n) is 15.7. The van der Waals surface area contributed by atoms with Crippen molar-refractivity contribution in [1.29, 1.82) is 0 Å². The molecule has 4 rings (SSSR count). The number of hydrogen-bond acceptors (Lipinski definition) is 6. The van der Waals surface area contributed by atoms with Crippen molar-refractivity contribution in [3.05, 3.63) is 70.9 Å². The molecule has 154 valence electrons. The summed E-state index contributed by atoms with van der Waals surface area (Å²) in [6.45, 7) is 1.48. The standard InChI is InChI=1S/C21H17F2N3O3S/c1-2-9-24-21-26(25-11-14-3-8-18-19(10-14)28-13-27-18)17(12-30-21)15-4-6-16(7-5-15)29-20(22)23/h2-8,10-12,20H,1,9,13H2. The smallest absolute Gasteiger partial charge is 0.387 e. The molecule has 0 spiro atoms. The summed E-state index contributed by atoms with van der Waals surface area (Å²) >= 11 is 1.42. The molecule has 0 bridgehead atoms. The fourth-order valence-electron chi connectivity index (χ4n) is 2.79. The first-order valence-electron chi connectivity index (χ1n) is 8.95. The van der Waals surface area contributed by atoms with Crippen molar-refractivity contribution in [3.8, 4) is 28.5 Å². The van der Waals surface area contributed by atoms with E-state index in [4.69, 9.17) is 9.47 Å². The number of aromatic nitrogens is 1. The molecule has 0 N–H and O–H groups in total. The van der Waals surface area contributed by atoms with Gasteiger partial charge in [0.05, 0.1) is 18.5 Å². The first kappa shape index (κ1) is 19.8. The lowest BCUT2D eigenvalue weighted by Crippen LogP contribution is -2.12. The van der Waals surface area contributed by atoms with Gasteiger partial charge in [-0.2, -0.15) is 13.9 Å². The minimum absolute atomic E-state index is 0.0935. The number of thiazole rings is 1. The zero-order chi connectivity index (χ0) is 20.9. The van der Waals surface area contributed by atoms with Gasteiger partial charge in [0.15, 0.2) is 11.5 Å². The van der Waals surface area contributed by atoms with E-state index in [1.165, 1.54) is 23.5 Å². The third-order valence-corrected chi connectivity index (χ3v) is 4.99. The summed E-state index contributed by atoms with van der Waals surface area (Å²) in [5, 5.41) is 6.49. The predicted molar refractivity (Wildman–Crippen MR) is 111 cm³/mol. The van der Waals surface area contributed by atoms with E-state index in [9.17, 15) is 8.78 Å². The molecule has 0 amide bonds. The van der Waals surface area contributed by atoms with Crippen LogP contribution in [0.4, 0.5) is 8.78 Å². The van der Waals surface area contributed by atoms with E-state index < -0.39 is 6.61 Å². The van der Waals surface area contributed by atoms with E-state index in [-0.39, 0.29) is 12.5 Å². The lowest BCUT2D eigenvalue weighted by Gasteiger charge is -2.07. The number of rotatable bonds is 7. The van der Waals surface area contributed by atoms with E-state index >= 15 is 0 Å². The average Bonchev–Trinajstić information content (AvgIpc) is 3.37. The van der Waals surface area contributed by atoms with Gasteiger partial charge in [0.1, 0.15) is 5.75 Å². The average molecular weight is 429 g/mol. The second-order valence-electron chi connectivity index (χ2n) is 6.10. The molecule has 0 saturated heterocycles. The highest BCUT2D eigenvalue weighted by Crippen LogP contribution is 2.32. The maximum atomic E-state index is 12.4. The van der Waals surface area contributed by atoms with Crippen LogP contribution in [-0.2, 0) is 0 Å². The lowest BCUT2D eigenvalue weighted by atomic mass is 10.2. The van der Waals surface area contributed by atoms with Crippen molar-refractivity contribution in [1.82, 2.24) is 4.68 Å². The third kappa shape index (κ3) is 4.41. The molecule has 0 aliphatic carbocycles. The minimum atomic E-state index is -2.86. The SMILES string of the molecule is C=CCN=c1scc(-c2ccc(OC(F)F)cc2)n1N=Cc1ccc2c(c1)OCO2. The number of nitrogens with zero attached hydrogens (tertiary/aromatic N) is 3. The van der Waals surface area contributed by atoms with Crippen LogP contribution in [-0.4, -0.2) is 30.8 Å². The predicted octanol–water partition coefficient (Wildman–Crippen LogP) is 4.52. The number of alkyl halides is 2. The maximum absolute atomic E-state index is 12.4. The summed E-state index contributed by atoms with van der Waals surface area (Å²) in [6, 6.07) is 11.9. The lowest BCUT2D eigenvalue weighted by molar-refractivity contribution is -0.0498. The first-order chi connectivity index (χ1) is 14.6. The van der Waals surface area contributed by atoms with Crippen molar-refractivity contribution < 1.29 is 23.0 Å². The second kappa shape index (κ2) is 8.91. The van der Waals surface area contributed by atoms with E-state index in [0.717, 1.165) is 16.8 Å². The molecule has 0 atom stereocenters. The highest BCUT2D eigenvalue weighted by molar-refractivity contribution is 7.07. The van der Waals surface area contributed by atoms with Crippen LogP contribution in [0.2, 0.25) is 0 Å². The van der Waals surface area contributed by atoms with Crippen LogP contribution in [0.5, 0.6) is 17.2 Å². The van der Waals surface area contributed by atoms with Gasteiger partial charge in [-0.25, -0.2) is 4.68 Å². The molecule has 0 fully saturated rings. The summed E-state index contributed by atoms with van der Waals surface area (Å²) in [5.74, 6) is 1.46. The Morgan fingerprint density at radius 1 is 1.17 bits per heavy atom. The van der Waals surface area contributed by atoms with Crippen LogP contribution in [0.15, 0.2) is 70.6 Å². The topological polar surface area (TPSA) is 57.3 Å². The number of fused-ring (bicyclic) bond motifs is 1. The van der Waals surface area contributed by atoms with Gasteiger partial charge in [-0.05, 0) is 48.0 Å². The molecule has 1 aliphatic rings. The Bertz CT molecular complexity index is 1140. The summed E-state index contributed by atoms with van der Waals surface area (Å²) in [5.41, 5.74) is 2.39. The molecule has 9 heteroatoms. The molecule has 1 aliphatic heterocycles. The molecule has 0 radical (unpaired) electrons. The maximum Gasteiger partial charge on any atom is 0.387 e. The molecular weight excluding hydrogens is 412 g/mol. The second-order valence-corrected chi connectivity index (χ2v) is 6.94. The highest BCUT2D eigenvalue weighted by Gasteiger charge is 2.13. The van der Waals surface area contributed by atoms with Gasteiger partial charge in [0.25, 0.3) is 0 Å². The van der Waals surface area contributed by atoms with Gasteiger partial charge >= 0.3 is 6.61 Å².